The normalized spacial score (nSPS) is 11.1. The molecule has 26 heavy (non-hydrogen) atoms. The number of carbonyl (C=O) groups excluding carboxylic acids is 1. The smallest absolute Gasteiger partial charge is 0.271 e. The van der Waals surface area contributed by atoms with Crippen LogP contribution in [0.2, 0.25) is 0 Å². The first-order valence-electron chi connectivity index (χ1n) is 8.04. The van der Waals surface area contributed by atoms with Gasteiger partial charge in [0.05, 0.1) is 0 Å². The van der Waals surface area contributed by atoms with Crippen molar-refractivity contribution < 1.29 is 13.2 Å². The summed E-state index contributed by atoms with van der Waals surface area (Å²) in [6.07, 6.45) is 0.879. The van der Waals surface area contributed by atoms with Crippen LogP contribution in [-0.4, -0.2) is 14.3 Å². The monoisotopic (exact) mass is 386 g/mol. The number of amides is 1. The lowest BCUT2D eigenvalue weighted by molar-refractivity contribution is 0.102. The predicted molar refractivity (Wildman–Crippen MR) is 105 cm³/mol. The van der Waals surface area contributed by atoms with E-state index in [-0.39, 0.29) is 10.1 Å². The molecule has 0 saturated heterocycles. The number of hydrogen-bond acceptors (Lipinski definition) is 4. The van der Waals surface area contributed by atoms with Gasteiger partial charge in [0.25, 0.3) is 15.9 Å². The van der Waals surface area contributed by atoms with Gasteiger partial charge in [-0.3, -0.25) is 9.52 Å². The summed E-state index contributed by atoms with van der Waals surface area (Å²) in [6.45, 7) is 2.05. The third-order valence-electron chi connectivity index (χ3n) is 3.73. The molecule has 0 radical (unpaired) electrons. The Morgan fingerprint density at radius 3 is 2.50 bits per heavy atom. The molecule has 0 saturated carbocycles. The van der Waals surface area contributed by atoms with Gasteiger partial charge in [-0.2, -0.15) is 0 Å². The van der Waals surface area contributed by atoms with Crippen molar-refractivity contribution in [3.63, 3.8) is 0 Å². The summed E-state index contributed by atoms with van der Waals surface area (Å²) in [5, 5.41) is 4.53. The molecule has 7 heteroatoms. The second-order valence-corrected chi connectivity index (χ2v) is 8.48. The van der Waals surface area contributed by atoms with E-state index in [0.29, 0.717) is 16.9 Å². The van der Waals surface area contributed by atoms with E-state index in [1.165, 1.54) is 12.1 Å². The van der Waals surface area contributed by atoms with E-state index < -0.39 is 10.0 Å². The highest BCUT2D eigenvalue weighted by Gasteiger charge is 2.16. The number of thiophene rings is 1. The third-order valence-corrected chi connectivity index (χ3v) is 6.51. The maximum absolute atomic E-state index is 12.5. The predicted octanol–water partition coefficient (Wildman–Crippen LogP) is 4.36. The van der Waals surface area contributed by atoms with Crippen molar-refractivity contribution in [1.82, 2.24) is 0 Å². The maximum Gasteiger partial charge on any atom is 0.271 e. The van der Waals surface area contributed by atoms with Crippen LogP contribution in [0.15, 0.2) is 70.3 Å². The highest BCUT2D eigenvalue weighted by Crippen LogP contribution is 2.21. The summed E-state index contributed by atoms with van der Waals surface area (Å²) in [4.78, 5) is 12.5. The van der Waals surface area contributed by atoms with Crippen LogP contribution in [0.3, 0.4) is 0 Å². The van der Waals surface area contributed by atoms with Gasteiger partial charge in [0, 0.05) is 16.9 Å². The third kappa shape index (κ3) is 4.30. The molecule has 134 valence electrons. The lowest BCUT2D eigenvalue weighted by atomic mass is 10.1. The zero-order valence-corrected chi connectivity index (χ0v) is 15.7. The number of anilines is 2. The average Bonchev–Trinajstić information content (AvgIpc) is 3.17. The highest BCUT2D eigenvalue weighted by atomic mass is 32.2. The Morgan fingerprint density at radius 2 is 1.77 bits per heavy atom. The van der Waals surface area contributed by atoms with Crippen LogP contribution in [0.4, 0.5) is 11.4 Å². The molecule has 3 rings (SSSR count). The molecule has 2 N–H and O–H groups in total. The van der Waals surface area contributed by atoms with Gasteiger partial charge in [-0.15, -0.1) is 11.3 Å². The van der Waals surface area contributed by atoms with Crippen molar-refractivity contribution in [2.75, 3.05) is 10.0 Å². The van der Waals surface area contributed by atoms with Gasteiger partial charge in [0.15, 0.2) is 0 Å². The molecular formula is C19H18N2O3S2. The van der Waals surface area contributed by atoms with E-state index in [2.05, 4.69) is 10.0 Å². The molecule has 5 nitrogen and oxygen atoms in total. The summed E-state index contributed by atoms with van der Waals surface area (Å²) in [7, 11) is -3.64. The van der Waals surface area contributed by atoms with Gasteiger partial charge in [-0.05, 0) is 53.8 Å². The first kappa shape index (κ1) is 18.2. The summed E-state index contributed by atoms with van der Waals surface area (Å²) >= 11 is 1.14. The Bertz CT molecular complexity index is 1010. The van der Waals surface area contributed by atoms with Gasteiger partial charge < -0.3 is 5.32 Å². The van der Waals surface area contributed by atoms with Gasteiger partial charge in [0.1, 0.15) is 4.21 Å². The number of aryl methyl sites for hydroxylation is 1. The van der Waals surface area contributed by atoms with Crippen LogP contribution >= 0.6 is 11.3 Å². The SMILES string of the molecule is CCc1cccc(NC(=O)c2cccc(NS(=O)(=O)c3cccs3)c2)c1. The number of nitrogens with one attached hydrogen (secondary N) is 2. The molecule has 0 bridgehead atoms. The molecule has 0 unspecified atom stereocenters. The largest absolute Gasteiger partial charge is 0.322 e. The number of rotatable bonds is 6. The molecule has 0 aliphatic heterocycles. The average molecular weight is 386 g/mol. The second-order valence-electron chi connectivity index (χ2n) is 5.63. The van der Waals surface area contributed by atoms with Crippen molar-refractivity contribution in [1.29, 1.82) is 0 Å². The van der Waals surface area contributed by atoms with Crippen molar-refractivity contribution in [2.24, 2.45) is 0 Å². The molecule has 0 atom stereocenters. The van der Waals surface area contributed by atoms with E-state index >= 15 is 0 Å². The number of carbonyl (C=O) groups is 1. The minimum absolute atomic E-state index is 0.226. The second kappa shape index (κ2) is 7.72. The molecule has 1 aromatic heterocycles. The summed E-state index contributed by atoms with van der Waals surface area (Å²) in [6, 6.07) is 17.2. The van der Waals surface area contributed by atoms with E-state index in [9.17, 15) is 13.2 Å². The van der Waals surface area contributed by atoms with E-state index in [4.69, 9.17) is 0 Å². The van der Waals surface area contributed by atoms with Crippen molar-refractivity contribution in [2.45, 2.75) is 17.6 Å². The van der Waals surface area contributed by atoms with Gasteiger partial charge in [0.2, 0.25) is 0 Å². The van der Waals surface area contributed by atoms with Crippen molar-refractivity contribution in [3.8, 4) is 0 Å². The fourth-order valence-corrected chi connectivity index (χ4v) is 4.46. The fourth-order valence-electron chi connectivity index (χ4n) is 2.42. The lowest BCUT2D eigenvalue weighted by Gasteiger charge is -2.09. The molecule has 0 spiro atoms. The standard InChI is InChI=1S/C19H18N2O3S2/c1-2-14-6-3-8-16(12-14)20-19(22)15-7-4-9-17(13-15)21-26(23,24)18-10-5-11-25-18/h3-13,21H,2H2,1H3,(H,20,22). The zero-order chi connectivity index (χ0) is 18.6. The van der Waals surface area contributed by atoms with Crippen LogP contribution in [-0.2, 0) is 16.4 Å². The molecule has 0 fully saturated rings. The van der Waals surface area contributed by atoms with Gasteiger partial charge in [-0.25, -0.2) is 8.42 Å². The summed E-state index contributed by atoms with van der Waals surface area (Å²) < 4.78 is 27.3. The zero-order valence-electron chi connectivity index (χ0n) is 14.1. The number of benzene rings is 2. The van der Waals surface area contributed by atoms with Crippen molar-refractivity contribution >= 4 is 38.6 Å². The van der Waals surface area contributed by atoms with Crippen LogP contribution in [0.5, 0.6) is 0 Å². The minimum atomic E-state index is -3.64. The minimum Gasteiger partial charge on any atom is -0.322 e. The molecule has 1 heterocycles. The Labute approximate surface area is 156 Å². The number of hydrogen-bond donors (Lipinski definition) is 2. The molecule has 0 aliphatic carbocycles. The van der Waals surface area contributed by atoms with Crippen molar-refractivity contribution in [3.05, 3.63) is 77.2 Å². The summed E-state index contributed by atoms with van der Waals surface area (Å²) in [5.41, 5.74) is 2.55. The lowest BCUT2D eigenvalue weighted by Crippen LogP contribution is -2.14. The van der Waals surface area contributed by atoms with Crippen LogP contribution in [0, 0.1) is 0 Å². The van der Waals surface area contributed by atoms with Gasteiger partial charge in [-0.1, -0.05) is 31.2 Å². The topological polar surface area (TPSA) is 75.3 Å². The summed E-state index contributed by atoms with van der Waals surface area (Å²) in [5.74, 6) is -0.296. The molecule has 1 amide bonds. The maximum atomic E-state index is 12.5. The molecule has 2 aromatic carbocycles. The Morgan fingerprint density at radius 1 is 1.00 bits per heavy atom. The Balaban J connectivity index is 1.77. The molecule has 3 aromatic rings. The van der Waals surface area contributed by atoms with E-state index in [1.54, 1.807) is 29.6 Å². The Hall–Kier alpha value is -2.64. The first-order valence-corrected chi connectivity index (χ1v) is 10.4. The van der Waals surface area contributed by atoms with E-state index in [0.717, 1.165) is 23.3 Å². The first-order chi connectivity index (χ1) is 12.5. The van der Waals surface area contributed by atoms with Gasteiger partial charge >= 0.3 is 0 Å². The highest BCUT2D eigenvalue weighted by molar-refractivity contribution is 7.94. The molecular weight excluding hydrogens is 368 g/mol. The van der Waals surface area contributed by atoms with Crippen LogP contribution in [0.25, 0.3) is 0 Å². The number of sulfonamides is 1. The van der Waals surface area contributed by atoms with Crippen LogP contribution < -0.4 is 10.0 Å². The van der Waals surface area contributed by atoms with E-state index in [1.807, 2.05) is 31.2 Å². The quantitative estimate of drug-likeness (QED) is 0.661. The van der Waals surface area contributed by atoms with Crippen LogP contribution in [0.1, 0.15) is 22.8 Å². The molecule has 0 aliphatic rings. The fraction of sp³-hybridized carbons (Fsp3) is 0.105. The Kier molecular flexibility index (Phi) is 5.39.